The van der Waals surface area contributed by atoms with Crippen LogP contribution in [0.1, 0.15) is 42.3 Å². The Labute approximate surface area is 147 Å². The van der Waals surface area contributed by atoms with Crippen molar-refractivity contribution in [2.45, 2.75) is 40.3 Å². The largest absolute Gasteiger partial charge is 0.347 e. The van der Waals surface area contributed by atoms with Crippen LogP contribution in [0.3, 0.4) is 0 Å². The number of hydrogen-bond donors (Lipinski definition) is 1. The van der Waals surface area contributed by atoms with E-state index in [1.54, 1.807) is 13.8 Å². The number of hydrogen-bond acceptors (Lipinski definition) is 4. The lowest BCUT2D eigenvalue weighted by molar-refractivity contribution is -0.123. The zero-order chi connectivity index (χ0) is 18.6. The second-order valence-electron chi connectivity index (χ2n) is 6.36. The first-order valence-electron chi connectivity index (χ1n) is 8.17. The van der Waals surface area contributed by atoms with Gasteiger partial charge in [-0.2, -0.15) is 10.4 Å². The average Bonchev–Trinajstić information content (AvgIpc) is 2.58. The normalized spacial score (nSPS) is 11.8. The Morgan fingerprint density at radius 3 is 2.48 bits per heavy atom. The van der Waals surface area contributed by atoms with Crippen LogP contribution in [-0.2, 0) is 11.3 Å². The van der Waals surface area contributed by atoms with Crippen molar-refractivity contribution in [3.63, 3.8) is 0 Å². The van der Waals surface area contributed by atoms with Gasteiger partial charge in [-0.05, 0) is 30.9 Å². The summed E-state index contributed by atoms with van der Waals surface area (Å²) >= 11 is 0. The smallest absolute Gasteiger partial charge is 0.285 e. The molecule has 0 aliphatic heterocycles. The lowest BCUT2D eigenvalue weighted by atomic mass is 9.96. The minimum Gasteiger partial charge on any atom is -0.347 e. The molecule has 6 nitrogen and oxygen atoms in total. The van der Waals surface area contributed by atoms with E-state index in [2.05, 4.69) is 10.4 Å². The van der Waals surface area contributed by atoms with Crippen LogP contribution in [0.4, 0.5) is 0 Å². The summed E-state index contributed by atoms with van der Waals surface area (Å²) in [5.41, 5.74) is 1.61. The molecule has 0 spiro atoms. The summed E-state index contributed by atoms with van der Waals surface area (Å²) in [6.07, 6.45) is 0. The van der Waals surface area contributed by atoms with Gasteiger partial charge in [-0.15, -0.1) is 0 Å². The van der Waals surface area contributed by atoms with Gasteiger partial charge >= 0.3 is 0 Å². The van der Waals surface area contributed by atoms with Crippen LogP contribution in [0.15, 0.2) is 35.1 Å². The van der Waals surface area contributed by atoms with Crippen LogP contribution in [-0.4, -0.2) is 15.7 Å². The van der Waals surface area contributed by atoms with Crippen LogP contribution in [0.5, 0.6) is 0 Å². The standard InChI is InChI=1S/C19H22N4O2/c1-12(2)18(15-8-6-5-7-9-15)21-17(24)11-23-19(25)16(10-20)13(3)14(4)22-23/h5-9,12,18H,11H2,1-4H3,(H,21,24). The third-order valence-electron chi connectivity index (χ3n) is 4.18. The van der Waals surface area contributed by atoms with Crippen molar-refractivity contribution in [3.05, 3.63) is 63.1 Å². The third-order valence-corrected chi connectivity index (χ3v) is 4.18. The Bertz CT molecular complexity index is 863. The number of benzene rings is 1. The molecule has 2 aromatic rings. The van der Waals surface area contributed by atoms with Gasteiger partial charge in [-0.3, -0.25) is 9.59 Å². The SMILES string of the molecule is Cc1nn(CC(=O)NC(c2ccccc2)C(C)C)c(=O)c(C#N)c1C. The molecule has 25 heavy (non-hydrogen) atoms. The predicted octanol–water partition coefficient (Wildman–Crippen LogP) is 2.25. The van der Waals surface area contributed by atoms with E-state index in [1.165, 1.54) is 0 Å². The van der Waals surface area contributed by atoms with Gasteiger partial charge in [0.15, 0.2) is 0 Å². The third kappa shape index (κ3) is 4.13. The Balaban J connectivity index is 2.24. The van der Waals surface area contributed by atoms with Crippen LogP contribution >= 0.6 is 0 Å². The number of carbonyl (C=O) groups is 1. The van der Waals surface area contributed by atoms with Gasteiger partial charge in [0.2, 0.25) is 5.91 Å². The predicted molar refractivity (Wildman–Crippen MR) is 94.8 cm³/mol. The summed E-state index contributed by atoms with van der Waals surface area (Å²) in [6.45, 7) is 7.21. The fourth-order valence-electron chi connectivity index (χ4n) is 2.66. The molecule has 1 atom stereocenters. The van der Waals surface area contributed by atoms with Crippen molar-refractivity contribution in [3.8, 4) is 6.07 Å². The van der Waals surface area contributed by atoms with E-state index in [0.717, 1.165) is 10.2 Å². The molecule has 1 aromatic carbocycles. The molecule has 1 aromatic heterocycles. The van der Waals surface area contributed by atoms with E-state index in [4.69, 9.17) is 5.26 Å². The highest BCUT2D eigenvalue weighted by Gasteiger charge is 2.20. The molecule has 0 fully saturated rings. The molecule has 2 rings (SSSR count). The maximum Gasteiger partial charge on any atom is 0.285 e. The molecule has 0 aliphatic carbocycles. The van der Waals surface area contributed by atoms with E-state index in [9.17, 15) is 9.59 Å². The quantitative estimate of drug-likeness (QED) is 0.905. The van der Waals surface area contributed by atoms with Crippen molar-refractivity contribution < 1.29 is 4.79 Å². The lowest BCUT2D eigenvalue weighted by Gasteiger charge is -2.23. The Hall–Kier alpha value is -2.94. The monoisotopic (exact) mass is 338 g/mol. The van der Waals surface area contributed by atoms with Crippen molar-refractivity contribution in [1.82, 2.24) is 15.1 Å². The van der Waals surface area contributed by atoms with Gasteiger partial charge in [-0.1, -0.05) is 44.2 Å². The first-order chi connectivity index (χ1) is 11.8. The van der Waals surface area contributed by atoms with E-state index < -0.39 is 5.56 Å². The number of aromatic nitrogens is 2. The van der Waals surface area contributed by atoms with E-state index >= 15 is 0 Å². The molecule has 6 heteroatoms. The molecule has 0 saturated heterocycles. The van der Waals surface area contributed by atoms with Crippen LogP contribution in [0.25, 0.3) is 0 Å². The average molecular weight is 338 g/mol. The number of aryl methyl sites for hydroxylation is 1. The Morgan fingerprint density at radius 1 is 1.28 bits per heavy atom. The molecule has 1 N–H and O–H groups in total. The highest BCUT2D eigenvalue weighted by molar-refractivity contribution is 5.76. The summed E-state index contributed by atoms with van der Waals surface area (Å²) in [6, 6.07) is 11.4. The maximum absolute atomic E-state index is 12.5. The first kappa shape index (κ1) is 18.4. The number of nitriles is 1. The topological polar surface area (TPSA) is 87.8 Å². The minimum absolute atomic E-state index is 0.0313. The summed E-state index contributed by atoms with van der Waals surface area (Å²) < 4.78 is 1.05. The van der Waals surface area contributed by atoms with E-state index in [-0.39, 0.29) is 30.0 Å². The summed E-state index contributed by atoms with van der Waals surface area (Å²) in [7, 11) is 0. The van der Waals surface area contributed by atoms with E-state index in [0.29, 0.717) is 11.3 Å². The fourth-order valence-corrected chi connectivity index (χ4v) is 2.66. The molecular weight excluding hydrogens is 316 g/mol. The van der Waals surface area contributed by atoms with Crippen LogP contribution < -0.4 is 10.9 Å². The molecular formula is C19H22N4O2. The molecule has 130 valence electrons. The number of rotatable bonds is 5. The van der Waals surface area contributed by atoms with Crippen molar-refractivity contribution in [2.75, 3.05) is 0 Å². The van der Waals surface area contributed by atoms with Gasteiger partial charge in [0.05, 0.1) is 11.7 Å². The van der Waals surface area contributed by atoms with Crippen LogP contribution in [0.2, 0.25) is 0 Å². The van der Waals surface area contributed by atoms with Gasteiger partial charge < -0.3 is 5.32 Å². The van der Waals surface area contributed by atoms with Crippen molar-refractivity contribution in [1.29, 1.82) is 5.26 Å². The van der Waals surface area contributed by atoms with Gasteiger partial charge in [0.1, 0.15) is 18.2 Å². The number of nitrogens with zero attached hydrogens (tertiary/aromatic N) is 3. The number of amides is 1. The van der Waals surface area contributed by atoms with Crippen molar-refractivity contribution >= 4 is 5.91 Å². The molecule has 1 amide bonds. The Morgan fingerprint density at radius 2 is 1.92 bits per heavy atom. The van der Waals surface area contributed by atoms with Gasteiger partial charge in [0, 0.05) is 0 Å². The van der Waals surface area contributed by atoms with Gasteiger partial charge in [-0.25, -0.2) is 4.68 Å². The number of nitrogens with one attached hydrogen (secondary N) is 1. The van der Waals surface area contributed by atoms with Gasteiger partial charge in [0.25, 0.3) is 5.56 Å². The molecule has 1 unspecified atom stereocenters. The minimum atomic E-state index is -0.540. The molecule has 0 bridgehead atoms. The molecule has 1 heterocycles. The highest BCUT2D eigenvalue weighted by atomic mass is 16.2. The van der Waals surface area contributed by atoms with E-state index in [1.807, 2.05) is 50.2 Å². The second-order valence-corrected chi connectivity index (χ2v) is 6.36. The second kappa shape index (κ2) is 7.75. The van der Waals surface area contributed by atoms with Crippen molar-refractivity contribution in [2.24, 2.45) is 5.92 Å². The first-order valence-corrected chi connectivity index (χ1v) is 8.17. The highest BCUT2D eigenvalue weighted by Crippen LogP contribution is 2.21. The summed E-state index contributed by atoms with van der Waals surface area (Å²) in [4.78, 5) is 24.8. The fraction of sp³-hybridized carbons (Fsp3) is 0.368. The maximum atomic E-state index is 12.5. The molecule has 0 saturated carbocycles. The Kier molecular flexibility index (Phi) is 5.71. The van der Waals surface area contributed by atoms with Crippen LogP contribution in [0, 0.1) is 31.1 Å². The zero-order valence-corrected chi connectivity index (χ0v) is 14.9. The molecule has 0 aliphatic rings. The molecule has 0 radical (unpaired) electrons. The summed E-state index contributed by atoms with van der Waals surface area (Å²) in [5, 5.41) is 16.3. The zero-order valence-electron chi connectivity index (χ0n) is 14.9. The lowest BCUT2D eigenvalue weighted by Crippen LogP contribution is -2.38. The summed E-state index contributed by atoms with van der Waals surface area (Å²) in [5.74, 6) is -0.130. The number of carbonyl (C=O) groups excluding carboxylic acids is 1.